The van der Waals surface area contributed by atoms with Gasteiger partial charge in [0, 0.05) is 44.8 Å². The van der Waals surface area contributed by atoms with Crippen LogP contribution < -0.4 is 10.2 Å². The van der Waals surface area contributed by atoms with E-state index in [1.807, 2.05) is 6.07 Å². The van der Waals surface area contributed by atoms with E-state index >= 15 is 0 Å². The number of rotatable bonds is 6. The normalized spacial score (nSPS) is 17.9. The average molecular weight is 448 g/mol. The van der Waals surface area contributed by atoms with E-state index < -0.39 is 0 Å². The predicted octanol–water partition coefficient (Wildman–Crippen LogP) is 2.50. The van der Waals surface area contributed by atoms with Crippen LogP contribution in [0.4, 0.5) is 15.3 Å². The molecular weight excluding hydrogens is 422 g/mol. The van der Waals surface area contributed by atoms with Gasteiger partial charge in [-0.1, -0.05) is 11.6 Å². The van der Waals surface area contributed by atoms with Crippen LogP contribution in [0.25, 0.3) is 0 Å². The van der Waals surface area contributed by atoms with Gasteiger partial charge in [0.1, 0.15) is 6.07 Å². The molecule has 3 rings (SSSR count). The summed E-state index contributed by atoms with van der Waals surface area (Å²) in [6, 6.07) is 4.95. The zero-order valence-corrected chi connectivity index (χ0v) is 18.4. The van der Waals surface area contributed by atoms with Crippen molar-refractivity contribution in [3.63, 3.8) is 0 Å². The maximum absolute atomic E-state index is 12.9. The number of piperazine rings is 1. The van der Waals surface area contributed by atoms with Crippen LogP contribution in [0, 0.1) is 18.3 Å². The molecule has 0 aromatic heterocycles. The Balaban J connectivity index is 1.57. The summed E-state index contributed by atoms with van der Waals surface area (Å²) in [6.07, 6.45) is 0.777. The second kappa shape index (κ2) is 9.88. The van der Waals surface area contributed by atoms with Crippen LogP contribution >= 0.6 is 11.6 Å². The first-order valence-corrected chi connectivity index (χ1v) is 10.7. The predicted molar refractivity (Wildman–Crippen MR) is 115 cm³/mol. The lowest BCUT2D eigenvalue weighted by Crippen LogP contribution is -2.56. The summed E-state index contributed by atoms with van der Waals surface area (Å²) in [5, 5.41) is 12.3. The molecule has 0 aliphatic carbocycles. The lowest BCUT2D eigenvalue weighted by atomic mass is 10.1. The number of anilines is 1. The summed E-state index contributed by atoms with van der Waals surface area (Å²) >= 11 is 6.28. The first-order valence-electron chi connectivity index (χ1n) is 10.3. The lowest BCUT2D eigenvalue weighted by molar-refractivity contribution is -0.143. The third kappa shape index (κ3) is 4.85. The Kier molecular flexibility index (Phi) is 7.23. The maximum Gasteiger partial charge on any atom is 0.325 e. The minimum Gasteiger partial charge on any atom is -0.466 e. The van der Waals surface area contributed by atoms with E-state index in [1.54, 1.807) is 40.7 Å². The number of halogens is 1. The molecule has 166 valence electrons. The van der Waals surface area contributed by atoms with Gasteiger partial charge >= 0.3 is 18.0 Å². The zero-order valence-electron chi connectivity index (χ0n) is 17.7. The number of carbonyl (C=O) groups is 3. The summed E-state index contributed by atoms with van der Waals surface area (Å²) < 4.78 is 4.87. The monoisotopic (exact) mass is 447 g/mol. The van der Waals surface area contributed by atoms with Gasteiger partial charge in [0.15, 0.2) is 0 Å². The highest BCUT2D eigenvalue weighted by molar-refractivity contribution is 6.33. The van der Waals surface area contributed by atoms with E-state index in [-0.39, 0.29) is 30.5 Å². The van der Waals surface area contributed by atoms with Gasteiger partial charge in [-0.05, 0) is 38.0 Å². The van der Waals surface area contributed by atoms with E-state index in [0.717, 1.165) is 0 Å². The van der Waals surface area contributed by atoms with Gasteiger partial charge in [0.25, 0.3) is 0 Å². The number of hydrogen-bond donors (Lipinski definition) is 1. The molecular formula is C21H26ClN5O4. The number of amides is 4. The Morgan fingerprint density at radius 1 is 1.32 bits per heavy atom. The maximum atomic E-state index is 12.9. The second-order valence-corrected chi connectivity index (χ2v) is 7.89. The molecule has 4 amide bonds. The van der Waals surface area contributed by atoms with Gasteiger partial charge in [-0.15, -0.1) is 0 Å². The molecule has 1 aromatic carbocycles. The number of ether oxygens (including phenoxy) is 1. The van der Waals surface area contributed by atoms with E-state index in [4.69, 9.17) is 21.6 Å². The molecule has 1 aromatic rings. The van der Waals surface area contributed by atoms with Crippen LogP contribution in [0.15, 0.2) is 12.1 Å². The van der Waals surface area contributed by atoms with Crippen LogP contribution in [0.5, 0.6) is 0 Å². The number of nitriles is 1. The first kappa shape index (κ1) is 22.7. The highest BCUT2D eigenvalue weighted by atomic mass is 35.5. The van der Waals surface area contributed by atoms with Crippen molar-refractivity contribution < 1.29 is 19.1 Å². The number of nitrogens with one attached hydrogen (secondary N) is 1. The van der Waals surface area contributed by atoms with Gasteiger partial charge in [0.2, 0.25) is 0 Å². The number of urea groups is 2. The fourth-order valence-electron chi connectivity index (χ4n) is 3.92. The van der Waals surface area contributed by atoms with Crippen molar-refractivity contribution in [3.05, 3.63) is 28.3 Å². The van der Waals surface area contributed by atoms with E-state index in [9.17, 15) is 14.4 Å². The van der Waals surface area contributed by atoms with Crippen molar-refractivity contribution >= 4 is 35.3 Å². The van der Waals surface area contributed by atoms with Crippen molar-refractivity contribution in [2.24, 2.45) is 0 Å². The Labute approximate surface area is 186 Å². The van der Waals surface area contributed by atoms with Crippen molar-refractivity contribution in [1.82, 2.24) is 15.1 Å². The number of benzene rings is 1. The third-order valence-corrected chi connectivity index (χ3v) is 6.04. The highest BCUT2D eigenvalue weighted by Crippen LogP contribution is 2.33. The fraction of sp³-hybridized carbons (Fsp3) is 0.524. The summed E-state index contributed by atoms with van der Waals surface area (Å²) in [7, 11) is 0. The fourth-order valence-corrected chi connectivity index (χ4v) is 4.12. The summed E-state index contributed by atoms with van der Waals surface area (Å²) in [4.78, 5) is 41.9. The Morgan fingerprint density at radius 2 is 2.10 bits per heavy atom. The van der Waals surface area contributed by atoms with Crippen LogP contribution in [-0.2, 0) is 9.53 Å². The minimum absolute atomic E-state index is 0.122. The van der Waals surface area contributed by atoms with Crippen LogP contribution in [0.2, 0.25) is 5.02 Å². The van der Waals surface area contributed by atoms with Gasteiger partial charge in [0.05, 0.1) is 23.2 Å². The summed E-state index contributed by atoms with van der Waals surface area (Å²) in [5.74, 6) is -0.270. The molecule has 0 unspecified atom stereocenters. The lowest BCUT2D eigenvalue weighted by Gasteiger charge is -2.36. The molecule has 31 heavy (non-hydrogen) atoms. The first-order chi connectivity index (χ1) is 14.9. The van der Waals surface area contributed by atoms with Crippen LogP contribution in [0.3, 0.4) is 0 Å². The highest BCUT2D eigenvalue weighted by Gasteiger charge is 2.42. The van der Waals surface area contributed by atoms with Gasteiger partial charge in [-0.3, -0.25) is 9.69 Å². The molecule has 2 aliphatic rings. The molecule has 1 N–H and O–H groups in total. The van der Waals surface area contributed by atoms with Crippen LogP contribution in [0.1, 0.15) is 30.9 Å². The molecule has 0 spiro atoms. The molecule has 0 radical (unpaired) electrons. The molecule has 2 heterocycles. The Morgan fingerprint density at radius 3 is 2.81 bits per heavy atom. The van der Waals surface area contributed by atoms with Crippen molar-refractivity contribution in [2.75, 3.05) is 44.2 Å². The molecule has 10 heteroatoms. The minimum atomic E-state index is -0.270. The molecule has 2 fully saturated rings. The van der Waals surface area contributed by atoms with Crippen molar-refractivity contribution in [2.45, 2.75) is 32.7 Å². The molecule has 2 aliphatic heterocycles. The quantitative estimate of drug-likeness (QED) is 0.532. The zero-order chi connectivity index (χ0) is 22.5. The van der Waals surface area contributed by atoms with Crippen LogP contribution in [-0.4, -0.2) is 73.2 Å². The van der Waals surface area contributed by atoms with Crippen molar-refractivity contribution in [1.29, 1.82) is 5.26 Å². The smallest absolute Gasteiger partial charge is 0.325 e. The second-order valence-electron chi connectivity index (χ2n) is 7.51. The standard InChI is InChI=1S/C21H26ClN5O4/c1-3-31-18(28)5-4-8-24-20(29)25-9-10-26-16(12-25)13-27(21(26)30)17-7-6-15(11-23)19(22)14(17)2/h6-7,16H,3-5,8-10,12-13H2,1-2H3,(H,24,29)/t16-/m0/s1. The topological polar surface area (TPSA) is 106 Å². The molecule has 0 bridgehead atoms. The molecule has 0 saturated carbocycles. The number of carbonyl (C=O) groups excluding carboxylic acids is 3. The average Bonchev–Trinajstić information content (AvgIpc) is 3.08. The molecule has 9 nitrogen and oxygen atoms in total. The van der Waals surface area contributed by atoms with E-state index in [2.05, 4.69) is 5.32 Å². The van der Waals surface area contributed by atoms with Gasteiger partial charge in [-0.2, -0.15) is 5.26 Å². The third-order valence-electron chi connectivity index (χ3n) is 5.55. The number of hydrogen-bond acceptors (Lipinski definition) is 5. The Bertz CT molecular complexity index is 916. The number of fused-ring (bicyclic) bond motifs is 1. The van der Waals surface area contributed by atoms with Gasteiger partial charge < -0.3 is 19.9 Å². The van der Waals surface area contributed by atoms with Gasteiger partial charge in [-0.25, -0.2) is 9.59 Å². The Hall–Kier alpha value is -2.99. The number of esters is 1. The SMILES string of the molecule is CCOC(=O)CCCNC(=O)N1CCN2C(=O)N(c3ccc(C#N)c(Cl)c3C)C[C@@H]2C1. The number of nitrogens with zero attached hydrogens (tertiary/aromatic N) is 4. The van der Waals surface area contributed by atoms with E-state index in [1.165, 1.54) is 0 Å². The van der Waals surface area contributed by atoms with Crippen molar-refractivity contribution in [3.8, 4) is 6.07 Å². The molecule has 2 saturated heterocycles. The van der Waals surface area contributed by atoms with E-state index in [0.29, 0.717) is 67.6 Å². The molecule has 1 atom stereocenters. The summed E-state index contributed by atoms with van der Waals surface area (Å²) in [6.45, 7) is 6.03. The summed E-state index contributed by atoms with van der Waals surface area (Å²) in [5.41, 5.74) is 1.74. The largest absolute Gasteiger partial charge is 0.466 e.